The van der Waals surface area contributed by atoms with Crippen LogP contribution in [0.15, 0.2) is 12.2 Å². The fourth-order valence-corrected chi connectivity index (χ4v) is 0.463. The third-order valence-corrected chi connectivity index (χ3v) is 0.871. The van der Waals surface area contributed by atoms with E-state index in [1.165, 1.54) is 13.0 Å². The number of amides is 1. The first-order valence-electron chi connectivity index (χ1n) is 3.04. The van der Waals surface area contributed by atoms with Crippen molar-refractivity contribution in [3.63, 3.8) is 0 Å². The van der Waals surface area contributed by atoms with Gasteiger partial charge < -0.3 is 5.32 Å². The molecule has 1 N–H and O–H groups in total. The molecular formula is C7H10NO2. The second-order valence-electron chi connectivity index (χ2n) is 1.79. The maximum atomic E-state index is 10.3. The first-order valence-corrected chi connectivity index (χ1v) is 3.04. The van der Waals surface area contributed by atoms with Crippen LogP contribution in [0.4, 0.5) is 0 Å². The van der Waals surface area contributed by atoms with Gasteiger partial charge in [0.05, 0.1) is 0 Å². The van der Waals surface area contributed by atoms with E-state index in [-0.39, 0.29) is 5.91 Å². The number of allylic oxidation sites excluding steroid dienone is 1. The molecule has 0 bridgehead atoms. The van der Waals surface area contributed by atoms with E-state index in [1.807, 2.05) is 0 Å². The lowest BCUT2D eigenvalue weighted by atomic mass is 10.4. The van der Waals surface area contributed by atoms with Crippen LogP contribution in [0.5, 0.6) is 0 Å². The molecule has 0 fully saturated rings. The third kappa shape index (κ3) is 6.88. The zero-order chi connectivity index (χ0) is 7.82. The summed E-state index contributed by atoms with van der Waals surface area (Å²) in [7, 11) is 0. The van der Waals surface area contributed by atoms with Crippen molar-refractivity contribution >= 4 is 12.2 Å². The minimum atomic E-state index is -0.0523. The van der Waals surface area contributed by atoms with Crippen LogP contribution in [0.25, 0.3) is 0 Å². The Hall–Kier alpha value is -1.12. The summed E-state index contributed by atoms with van der Waals surface area (Å²) in [5.74, 6) is -0.0523. The Bertz CT molecular complexity index is 141. The maximum Gasteiger partial charge on any atom is 0.225 e. The molecule has 0 rings (SSSR count). The first kappa shape index (κ1) is 8.88. The molecule has 0 heterocycles. The summed E-state index contributed by atoms with van der Waals surface area (Å²) in [6.45, 7) is 2.03. The summed E-state index contributed by atoms with van der Waals surface area (Å²) in [5.41, 5.74) is 0. The average molecular weight is 140 g/mol. The highest BCUT2D eigenvalue weighted by Crippen LogP contribution is 1.77. The van der Waals surface area contributed by atoms with Gasteiger partial charge in [-0.05, 0) is 12.5 Å². The van der Waals surface area contributed by atoms with Crippen molar-refractivity contribution < 1.29 is 9.59 Å². The molecule has 3 nitrogen and oxygen atoms in total. The summed E-state index contributed by atoms with van der Waals surface area (Å²) in [4.78, 5) is 19.9. The van der Waals surface area contributed by atoms with Crippen LogP contribution in [0.2, 0.25) is 0 Å². The van der Waals surface area contributed by atoms with Crippen molar-refractivity contribution in [2.24, 2.45) is 0 Å². The van der Waals surface area contributed by atoms with E-state index < -0.39 is 0 Å². The Morgan fingerprint density at radius 2 is 2.40 bits per heavy atom. The van der Waals surface area contributed by atoms with Crippen molar-refractivity contribution in [2.75, 3.05) is 6.54 Å². The van der Waals surface area contributed by atoms with Crippen LogP contribution >= 0.6 is 0 Å². The number of hydrogen-bond acceptors (Lipinski definition) is 2. The minimum Gasteiger partial charge on any atom is -0.356 e. The van der Waals surface area contributed by atoms with Gasteiger partial charge in [-0.3, -0.25) is 9.59 Å². The van der Waals surface area contributed by atoms with Crippen LogP contribution in [0.3, 0.4) is 0 Å². The SMILES string of the molecule is CC(=O)NCCC=C[C]=O. The van der Waals surface area contributed by atoms with Crippen LogP contribution in [-0.2, 0) is 9.59 Å². The molecule has 0 saturated carbocycles. The molecule has 0 aliphatic heterocycles. The van der Waals surface area contributed by atoms with E-state index in [0.717, 1.165) is 0 Å². The molecule has 0 aromatic rings. The molecule has 0 saturated heterocycles. The highest BCUT2D eigenvalue weighted by atomic mass is 16.1. The molecule has 1 amide bonds. The van der Waals surface area contributed by atoms with Gasteiger partial charge in [-0.15, -0.1) is 0 Å². The average Bonchev–Trinajstić information content (AvgIpc) is 1.87. The third-order valence-electron chi connectivity index (χ3n) is 0.871. The van der Waals surface area contributed by atoms with Gasteiger partial charge >= 0.3 is 0 Å². The topological polar surface area (TPSA) is 46.2 Å². The fraction of sp³-hybridized carbons (Fsp3) is 0.429. The van der Waals surface area contributed by atoms with Gasteiger partial charge in [0.2, 0.25) is 12.2 Å². The molecule has 10 heavy (non-hydrogen) atoms. The monoisotopic (exact) mass is 140 g/mol. The molecule has 0 aromatic heterocycles. The Kier molecular flexibility index (Phi) is 5.33. The predicted molar refractivity (Wildman–Crippen MR) is 38.1 cm³/mol. The van der Waals surface area contributed by atoms with Gasteiger partial charge in [-0.1, -0.05) is 6.08 Å². The summed E-state index contributed by atoms with van der Waals surface area (Å²) >= 11 is 0. The lowest BCUT2D eigenvalue weighted by Gasteiger charge is -1.94. The minimum absolute atomic E-state index is 0.0523. The van der Waals surface area contributed by atoms with Gasteiger partial charge in [0, 0.05) is 13.5 Å². The van der Waals surface area contributed by atoms with Crippen molar-refractivity contribution in [3.8, 4) is 0 Å². The van der Waals surface area contributed by atoms with Gasteiger partial charge in [-0.25, -0.2) is 0 Å². The fourth-order valence-electron chi connectivity index (χ4n) is 0.463. The summed E-state index contributed by atoms with van der Waals surface area (Å²) < 4.78 is 0. The van der Waals surface area contributed by atoms with E-state index in [4.69, 9.17) is 0 Å². The van der Waals surface area contributed by atoms with Gasteiger partial charge in [0.25, 0.3) is 0 Å². The summed E-state index contributed by atoms with van der Waals surface area (Å²) in [6, 6.07) is 0. The highest BCUT2D eigenvalue weighted by Gasteiger charge is 1.85. The molecule has 0 spiro atoms. The number of rotatable bonds is 4. The molecule has 0 aliphatic rings. The molecule has 0 aliphatic carbocycles. The van der Waals surface area contributed by atoms with Crippen molar-refractivity contribution in [3.05, 3.63) is 12.2 Å². The number of carbonyl (C=O) groups excluding carboxylic acids is 2. The molecule has 0 atom stereocenters. The summed E-state index contributed by atoms with van der Waals surface area (Å²) in [6.07, 6.45) is 5.24. The van der Waals surface area contributed by atoms with Gasteiger partial charge in [-0.2, -0.15) is 0 Å². The zero-order valence-corrected chi connectivity index (χ0v) is 5.89. The first-order chi connectivity index (χ1) is 4.77. The van der Waals surface area contributed by atoms with Crippen LogP contribution < -0.4 is 5.32 Å². The predicted octanol–water partition coefficient (Wildman–Crippen LogP) is 0.178. The molecule has 1 radical (unpaired) electrons. The largest absolute Gasteiger partial charge is 0.356 e. The van der Waals surface area contributed by atoms with Crippen molar-refractivity contribution in [2.45, 2.75) is 13.3 Å². The Morgan fingerprint density at radius 3 is 2.90 bits per heavy atom. The number of carbonyl (C=O) groups is 1. The lowest BCUT2D eigenvalue weighted by molar-refractivity contribution is -0.118. The van der Waals surface area contributed by atoms with Gasteiger partial charge in [0.15, 0.2) is 0 Å². The second-order valence-corrected chi connectivity index (χ2v) is 1.79. The number of nitrogens with one attached hydrogen (secondary N) is 1. The van der Waals surface area contributed by atoms with Crippen LogP contribution in [0, 0.1) is 0 Å². The van der Waals surface area contributed by atoms with E-state index in [2.05, 4.69) is 5.32 Å². The zero-order valence-electron chi connectivity index (χ0n) is 5.89. The van der Waals surface area contributed by atoms with E-state index in [1.54, 1.807) is 12.4 Å². The molecule has 55 valence electrons. The van der Waals surface area contributed by atoms with E-state index in [0.29, 0.717) is 13.0 Å². The van der Waals surface area contributed by atoms with E-state index in [9.17, 15) is 9.59 Å². The van der Waals surface area contributed by atoms with Crippen molar-refractivity contribution in [1.29, 1.82) is 0 Å². The summed E-state index contributed by atoms with van der Waals surface area (Å²) in [5, 5.41) is 2.58. The maximum absolute atomic E-state index is 10.3. The molecule has 0 aromatic carbocycles. The van der Waals surface area contributed by atoms with E-state index >= 15 is 0 Å². The normalized spacial score (nSPS) is 9.70. The quantitative estimate of drug-likeness (QED) is 0.447. The van der Waals surface area contributed by atoms with Crippen molar-refractivity contribution in [1.82, 2.24) is 5.32 Å². The van der Waals surface area contributed by atoms with Crippen LogP contribution in [0.1, 0.15) is 13.3 Å². The second kappa shape index (κ2) is 6.01. The molecule has 3 heteroatoms. The molecule has 0 unspecified atom stereocenters. The standard InChI is InChI=1S/C7H10NO2/c1-7(10)8-5-3-2-4-6-9/h2,4H,3,5H2,1H3,(H,8,10). The highest BCUT2D eigenvalue weighted by molar-refractivity contribution is 5.72. The van der Waals surface area contributed by atoms with Gasteiger partial charge in [0.1, 0.15) is 0 Å². The molecular weight excluding hydrogens is 130 g/mol. The Morgan fingerprint density at radius 1 is 1.70 bits per heavy atom. The van der Waals surface area contributed by atoms with Crippen LogP contribution in [-0.4, -0.2) is 18.7 Å². The lowest BCUT2D eigenvalue weighted by Crippen LogP contribution is -2.20. The number of hydrogen-bond donors (Lipinski definition) is 1. The Balaban J connectivity index is 3.12. The smallest absolute Gasteiger partial charge is 0.225 e. The Labute approximate surface area is 60.1 Å².